The fourth-order valence-corrected chi connectivity index (χ4v) is 2.01. The van der Waals surface area contributed by atoms with Crippen LogP contribution in [-0.2, 0) is 4.79 Å². The lowest BCUT2D eigenvalue weighted by Gasteiger charge is -2.14. The normalized spacial score (nSPS) is 11.9. The number of benzene rings is 1. The molecule has 1 amide bonds. The molecule has 0 bridgehead atoms. The van der Waals surface area contributed by atoms with Crippen LogP contribution in [0.2, 0.25) is 5.02 Å². The Balaban J connectivity index is 2.75. The van der Waals surface area contributed by atoms with Crippen molar-refractivity contribution in [3.05, 3.63) is 28.8 Å². The molecule has 0 fully saturated rings. The van der Waals surface area contributed by atoms with Crippen molar-refractivity contribution in [2.45, 2.75) is 12.5 Å². The molecule has 0 radical (unpaired) electrons. The summed E-state index contributed by atoms with van der Waals surface area (Å²) in [6.45, 7) is 0. The number of anilines is 1. The van der Waals surface area contributed by atoms with E-state index >= 15 is 0 Å². The first kappa shape index (κ1) is 15.7. The molecule has 1 rings (SSSR count). The number of hydrogen-bond donors (Lipinski definition) is 3. The fraction of sp³-hybridized carbons (Fsp3) is 0.333. The number of carbonyl (C=O) groups excluding carboxylic acids is 1. The highest BCUT2D eigenvalue weighted by Gasteiger charge is 2.20. The first-order valence-corrected chi connectivity index (χ1v) is 7.30. The van der Waals surface area contributed by atoms with Gasteiger partial charge >= 0.3 is 5.97 Å². The van der Waals surface area contributed by atoms with E-state index in [-0.39, 0.29) is 11.3 Å². The van der Waals surface area contributed by atoms with Crippen molar-refractivity contribution in [2.24, 2.45) is 0 Å². The summed E-state index contributed by atoms with van der Waals surface area (Å²) in [6, 6.07) is 3.52. The van der Waals surface area contributed by atoms with Crippen molar-refractivity contribution >= 4 is 40.9 Å². The summed E-state index contributed by atoms with van der Waals surface area (Å²) in [4.78, 5) is 22.9. The number of hydrogen-bond acceptors (Lipinski definition) is 4. The minimum Gasteiger partial charge on any atom is -0.480 e. The molecule has 1 unspecified atom stereocenters. The number of nitrogens with two attached hydrogens (primary N) is 1. The van der Waals surface area contributed by atoms with Gasteiger partial charge in [0.25, 0.3) is 5.91 Å². The molecule has 4 N–H and O–H groups in total. The number of aliphatic carboxylic acids is 1. The van der Waals surface area contributed by atoms with E-state index in [0.29, 0.717) is 17.2 Å². The minimum atomic E-state index is -1.05. The molecule has 1 aromatic carbocycles. The van der Waals surface area contributed by atoms with Crippen LogP contribution >= 0.6 is 23.4 Å². The summed E-state index contributed by atoms with van der Waals surface area (Å²) >= 11 is 7.28. The summed E-state index contributed by atoms with van der Waals surface area (Å²) in [5.41, 5.74) is 6.17. The number of carboxylic acid groups (broad SMARTS) is 1. The monoisotopic (exact) mass is 302 g/mol. The molecular weight excluding hydrogens is 288 g/mol. The maximum absolute atomic E-state index is 11.9. The molecule has 104 valence electrons. The van der Waals surface area contributed by atoms with Crippen LogP contribution in [0, 0.1) is 0 Å². The molecule has 0 saturated carbocycles. The molecule has 19 heavy (non-hydrogen) atoms. The van der Waals surface area contributed by atoms with Gasteiger partial charge in [-0.2, -0.15) is 11.8 Å². The van der Waals surface area contributed by atoms with Gasteiger partial charge in [0.15, 0.2) is 0 Å². The lowest BCUT2D eigenvalue weighted by molar-refractivity contribution is -0.139. The van der Waals surface area contributed by atoms with Crippen LogP contribution in [0.3, 0.4) is 0 Å². The van der Waals surface area contributed by atoms with Crippen LogP contribution in [0.4, 0.5) is 5.69 Å². The minimum absolute atomic E-state index is 0.283. The second kappa shape index (κ2) is 7.25. The molecular formula is C12H15ClN2O3S. The maximum atomic E-state index is 11.9. The molecule has 0 aliphatic heterocycles. The predicted octanol–water partition coefficient (Wildman–Crippen LogP) is 1.86. The summed E-state index contributed by atoms with van der Waals surface area (Å²) in [7, 11) is 0. The van der Waals surface area contributed by atoms with Gasteiger partial charge in [-0.15, -0.1) is 0 Å². The van der Waals surface area contributed by atoms with Gasteiger partial charge in [0.05, 0.1) is 10.7 Å². The average molecular weight is 303 g/mol. The molecule has 7 heteroatoms. The number of halogens is 1. The number of carboxylic acids is 1. The third kappa shape index (κ3) is 4.65. The van der Waals surface area contributed by atoms with Gasteiger partial charge in [0, 0.05) is 5.56 Å². The van der Waals surface area contributed by atoms with E-state index in [1.807, 2.05) is 6.26 Å². The molecule has 0 spiro atoms. The molecule has 5 nitrogen and oxygen atoms in total. The SMILES string of the molecule is CSCCC(NC(=O)c1ccc(Cl)c(N)c1)C(=O)O. The molecule has 0 aliphatic rings. The van der Waals surface area contributed by atoms with Gasteiger partial charge in [-0.05, 0) is 36.6 Å². The number of nitrogen functional groups attached to an aromatic ring is 1. The molecule has 0 saturated heterocycles. The van der Waals surface area contributed by atoms with Gasteiger partial charge in [-0.3, -0.25) is 4.79 Å². The standard InChI is InChI=1S/C12H15ClN2O3S/c1-19-5-4-10(12(17)18)15-11(16)7-2-3-8(13)9(14)6-7/h2-3,6,10H,4-5,14H2,1H3,(H,15,16)(H,17,18). The van der Waals surface area contributed by atoms with Gasteiger partial charge < -0.3 is 16.2 Å². The number of thioether (sulfide) groups is 1. The first-order chi connectivity index (χ1) is 8.95. The van der Waals surface area contributed by atoms with Crippen LogP contribution in [0.25, 0.3) is 0 Å². The average Bonchev–Trinajstić information content (AvgIpc) is 2.37. The van der Waals surface area contributed by atoms with Crippen molar-refractivity contribution in [1.82, 2.24) is 5.32 Å². The molecule has 0 aliphatic carbocycles. The van der Waals surface area contributed by atoms with Crippen molar-refractivity contribution in [1.29, 1.82) is 0 Å². The van der Waals surface area contributed by atoms with E-state index in [0.717, 1.165) is 0 Å². The van der Waals surface area contributed by atoms with Crippen molar-refractivity contribution in [2.75, 3.05) is 17.7 Å². The topological polar surface area (TPSA) is 92.4 Å². The summed E-state index contributed by atoms with van der Waals surface area (Å²) < 4.78 is 0. The Labute approximate surface area is 120 Å². The van der Waals surface area contributed by atoms with Gasteiger partial charge in [-0.25, -0.2) is 4.79 Å². The first-order valence-electron chi connectivity index (χ1n) is 5.53. The third-order valence-corrected chi connectivity index (χ3v) is 3.46. The van der Waals surface area contributed by atoms with E-state index in [4.69, 9.17) is 22.4 Å². The third-order valence-electron chi connectivity index (χ3n) is 2.47. The quantitative estimate of drug-likeness (QED) is 0.698. The lowest BCUT2D eigenvalue weighted by Crippen LogP contribution is -2.41. The number of nitrogens with one attached hydrogen (secondary N) is 1. The highest BCUT2D eigenvalue weighted by atomic mass is 35.5. The van der Waals surface area contributed by atoms with Gasteiger partial charge in [0.2, 0.25) is 0 Å². The Bertz CT molecular complexity index is 482. The smallest absolute Gasteiger partial charge is 0.326 e. The zero-order chi connectivity index (χ0) is 14.4. The summed E-state index contributed by atoms with van der Waals surface area (Å²) in [6.07, 6.45) is 2.24. The highest BCUT2D eigenvalue weighted by molar-refractivity contribution is 7.98. The maximum Gasteiger partial charge on any atom is 0.326 e. The second-order valence-electron chi connectivity index (χ2n) is 3.88. The molecule has 1 atom stereocenters. The zero-order valence-corrected chi connectivity index (χ0v) is 11.9. The predicted molar refractivity (Wildman–Crippen MR) is 77.8 cm³/mol. The number of amides is 1. The van der Waals surface area contributed by atoms with E-state index in [2.05, 4.69) is 5.32 Å². The van der Waals surface area contributed by atoms with Crippen LogP contribution in [0.15, 0.2) is 18.2 Å². The van der Waals surface area contributed by atoms with Crippen LogP contribution in [0.1, 0.15) is 16.8 Å². The molecule has 0 heterocycles. The summed E-state index contributed by atoms with van der Waals surface area (Å²) in [5, 5.41) is 11.8. The van der Waals surface area contributed by atoms with Gasteiger partial charge in [-0.1, -0.05) is 11.6 Å². The second-order valence-corrected chi connectivity index (χ2v) is 5.27. The Kier molecular flexibility index (Phi) is 5.98. The molecule has 1 aromatic rings. The van der Waals surface area contributed by atoms with E-state index in [1.165, 1.54) is 30.0 Å². The summed E-state index contributed by atoms with van der Waals surface area (Å²) in [5.74, 6) is -0.874. The largest absolute Gasteiger partial charge is 0.480 e. The van der Waals surface area contributed by atoms with Crippen LogP contribution in [-0.4, -0.2) is 35.0 Å². The van der Waals surface area contributed by atoms with E-state index in [9.17, 15) is 9.59 Å². The Morgan fingerprint density at radius 2 is 2.21 bits per heavy atom. The number of rotatable bonds is 6. The molecule has 0 aromatic heterocycles. The van der Waals surface area contributed by atoms with Crippen molar-refractivity contribution < 1.29 is 14.7 Å². The Hall–Kier alpha value is -1.40. The fourth-order valence-electron chi connectivity index (χ4n) is 1.42. The lowest BCUT2D eigenvalue weighted by atomic mass is 10.1. The van der Waals surface area contributed by atoms with Gasteiger partial charge in [0.1, 0.15) is 6.04 Å². The number of carbonyl (C=O) groups is 2. The zero-order valence-electron chi connectivity index (χ0n) is 10.4. The van der Waals surface area contributed by atoms with Crippen molar-refractivity contribution in [3.63, 3.8) is 0 Å². The van der Waals surface area contributed by atoms with E-state index < -0.39 is 17.9 Å². The van der Waals surface area contributed by atoms with Crippen molar-refractivity contribution in [3.8, 4) is 0 Å². The highest BCUT2D eigenvalue weighted by Crippen LogP contribution is 2.19. The van der Waals surface area contributed by atoms with Crippen LogP contribution in [0.5, 0.6) is 0 Å². The Morgan fingerprint density at radius 3 is 2.74 bits per heavy atom. The Morgan fingerprint density at radius 1 is 1.53 bits per heavy atom. The van der Waals surface area contributed by atoms with Crippen LogP contribution < -0.4 is 11.1 Å². The van der Waals surface area contributed by atoms with E-state index in [1.54, 1.807) is 0 Å².